The van der Waals surface area contributed by atoms with Crippen LogP contribution in [0.15, 0.2) is 20.1 Å². The number of hydrogen-bond acceptors (Lipinski definition) is 4. The molecule has 0 unspecified atom stereocenters. The van der Waals surface area contributed by atoms with Gasteiger partial charge in [0, 0.05) is 4.47 Å². The molecule has 0 saturated carbocycles. The van der Waals surface area contributed by atoms with Gasteiger partial charge in [-0.2, -0.15) is 0 Å². The average molecular weight is 286 g/mol. The molecule has 0 saturated heterocycles. The molecule has 1 aromatic rings. The van der Waals surface area contributed by atoms with Crippen LogP contribution < -0.4 is 4.89 Å². The van der Waals surface area contributed by atoms with Crippen molar-refractivity contribution in [1.82, 2.24) is 4.89 Å². The maximum Gasteiger partial charge on any atom is 0.273 e. The molecule has 0 aromatic carbocycles. The minimum Gasteiger partial charge on any atom is -0.287 e. The van der Waals surface area contributed by atoms with E-state index in [-0.39, 0.29) is 4.21 Å². The summed E-state index contributed by atoms with van der Waals surface area (Å²) in [6.07, 6.45) is 0. The minimum atomic E-state index is -3.51. The number of nitrogens with one attached hydrogen (secondary N) is 1. The fourth-order valence-corrected chi connectivity index (χ4v) is 3.83. The smallest absolute Gasteiger partial charge is 0.273 e. The van der Waals surface area contributed by atoms with Crippen LogP contribution >= 0.6 is 27.3 Å². The molecule has 1 aromatic heterocycles. The molecule has 74 valence electrons. The fraction of sp³-hybridized carbons (Fsp3) is 0.333. The van der Waals surface area contributed by atoms with Gasteiger partial charge in [0.1, 0.15) is 0 Å². The van der Waals surface area contributed by atoms with Crippen LogP contribution in [0.25, 0.3) is 0 Å². The van der Waals surface area contributed by atoms with Crippen molar-refractivity contribution in [2.24, 2.45) is 0 Å². The van der Waals surface area contributed by atoms with Gasteiger partial charge in [-0.3, -0.25) is 4.84 Å². The van der Waals surface area contributed by atoms with E-state index in [0.29, 0.717) is 11.1 Å². The van der Waals surface area contributed by atoms with Gasteiger partial charge in [-0.1, -0.05) is 4.89 Å². The van der Waals surface area contributed by atoms with Gasteiger partial charge in [-0.15, -0.1) is 11.3 Å². The summed E-state index contributed by atoms with van der Waals surface area (Å²) in [4.78, 5) is 6.63. The van der Waals surface area contributed by atoms with E-state index in [9.17, 15) is 8.42 Å². The molecule has 7 heteroatoms. The van der Waals surface area contributed by atoms with Gasteiger partial charge in [-0.25, -0.2) is 8.42 Å². The Balaban J connectivity index is 2.88. The van der Waals surface area contributed by atoms with Crippen LogP contribution in [0.5, 0.6) is 0 Å². The van der Waals surface area contributed by atoms with E-state index < -0.39 is 10.0 Å². The summed E-state index contributed by atoms with van der Waals surface area (Å²) in [7, 11) is -3.51. The molecule has 0 aliphatic rings. The van der Waals surface area contributed by atoms with Gasteiger partial charge in [0.15, 0.2) is 4.21 Å². The second kappa shape index (κ2) is 4.52. The summed E-state index contributed by atoms with van der Waals surface area (Å²) in [5, 5.41) is 1.69. The first-order valence-corrected chi connectivity index (χ1v) is 6.60. The number of thiophene rings is 1. The Morgan fingerprint density at radius 1 is 1.69 bits per heavy atom. The van der Waals surface area contributed by atoms with Crippen LogP contribution in [0.2, 0.25) is 0 Å². The molecule has 1 N–H and O–H groups in total. The zero-order chi connectivity index (χ0) is 9.90. The highest BCUT2D eigenvalue weighted by Crippen LogP contribution is 2.27. The molecule has 13 heavy (non-hydrogen) atoms. The third-order valence-corrected chi connectivity index (χ3v) is 5.03. The van der Waals surface area contributed by atoms with Gasteiger partial charge in [0.25, 0.3) is 10.0 Å². The molecular weight excluding hydrogens is 278 g/mol. The molecule has 0 atom stereocenters. The highest BCUT2D eigenvalue weighted by atomic mass is 79.9. The summed E-state index contributed by atoms with van der Waals surface area (Å²) in [5.74, 6) is 0. The van der Waals surface area contributed by atoms with Crippen LogP contribution in [-0.4, -0.2) is 15.0 Å². The van der Waals surface area contributed by atoms with Gasteiger partial charge < -0.3 is 0 Å². The van der Waals surface area contributed by atoms with E-state index in [1.165, 1.54) is 0 Å². The van der Waals surface area contributed by atoms with Crippen LogP contribution in [0.1, 0.15) is 6.92 Å². The summed E-state index contributed by atoms with van der Waals surface area (Å²) < 4.78 is 23.6. The van der Waals surface area contributed by atoms with E-state index >= 15 is 0 Å². The van der Waals surface area contributed by atoms with Crippen LogP contribution in [0, 0.1) is 0 Å². The molecule has 0 fully saturated rings. The number of rotatable bonds is 4. The molecule has 4 nitrogen and oxygen atoms in total. The van der Waals surface area contributed by atoms with Gasteiger partial charge >= 0.3 is 0 Å². The maximum absolute atomic E-state index is 11.4. The Morgan fingerprint density at radius 3 is 2.85 bits per heavy atom. The molecule has 1 heterocycles. The summed E-state index contributed by atoms with van der Waals surface area (Å²) in [6.45, 7) is 1.99. The zero-order valence-corrected chi connectivity index (χ0v) is 10.0. The van der Waals surface area contributed by atoms with Crippen molar-refractivity contribution >= 4 is 37.3 Å². The summed E-state index contributed by atoms with van der Waals surface area (Å²) in [6, 6.07) is 1.67. The largest absolute Gasteiger partial charge is 0.287 e. The monoisotopic (exact) mass is 285 g/mol. The highest BCUT2D eigenvalue weighted by Gasteiger charge is 2.18. The average Bonchev–Trinajstić information content (AvgIpc) is 2.48. The lowest BCUT2D eigenvalue weighted by molar-refractivity contribution is 0.105. The first-order chi connectivity index (χ1) is 6.08. The Hall–Kier alpha value is 0.0500. The molecule has 0 aliphatic carbocycles. The first-order valence-electron chi connectivity index (χ1n) is 3.44. The Morgan fingerprint density at radius 2 is 2.38 bits per heavy atom. The predicted octanol–water partition coefficient (Wildman–Crippen LogP) is 1.74. The lowest BCUT2D eigenvalue weighted by Gasteiger charge is -2.03. The summed E-state index contributed by atoms with van der Waals surface area (Å²) in [5.41, 5.74) is 0. The maximum atomic E-state index is 11.4. The van der Waals surface area contributed by atoms with Crippen molar-refractivity contribution in [3.05, 3.63) is 15.9 Å². The SMILES string of the molecule is CCONS(=O)(=O)c1sccc1Br. The molecule has 0 bridgehead atoms. The third-order valence-electron chi connectivity index (χ3n) is 1.14. The molecule has 0 aliphatic heterocycles. The van der Waals surface area contributed by atoms with Crippen molar-refractivity contribution in [3.8, 4) is 0 Å². The van der Waals surface area contributed by atoms with Crippen molar-refractivity contribution in [2.75, 3.05) is 6.61 Å². The van der Waals surface area contributed by atoms with E-state index in [1.807, 2.05) is 4.89 Å². The van der Waals surface area contributed by atoms with E-state index in [4.69, 9.17) is 0 Å². The van der Waals surface area contributed by atoms with Crippen molar-refractivity contribution in [2.45, 2.75) is 11.1 Å². The normalized spacial score (nSPS) is 11.8. The number of halogens is 1. The van der Waals surface area contributed by atoms with Crippen LogP contribution in [-0.2, 0) is 14.9 Å². The predicted molar refractivity (Wildman–Crippen MR) is 54.0 cm³/mol. The molecular formula is C6H8BrNO3S2. The fourth-order valence-electron chi connectivity index (χ4n) is 0.646. The van der Waals surface area contributed by atoms with Crippen molar-refractivity contribution in [3.63, 3.8) is 0 Å². The Bertz CT molecular complexity index is 373. The van der Waals surface area contributed by atoms with E-state index in [1.54, 1.807) is 18.4 Å². The minimum absolute atomic E-state index is 0.223. The Labute approximate surface area is 89.0 Å². The lowest BCUT2D eigenvalue weighted by Crippen LogP contribution is -2.23. The van der Waals surface area contributed by atoms with E-state index in [0.717, 1.165) is 11.3 Å². The lowest BCUT2D eigenvalue weighted by atomic mass is 10.7. The third kappa shape index (κ3) is 2.75. The molecule has 1 rings (SSSR count). The van der Waals surface area contributed by atoms with Gasteiger partial charge in [-0.05, 0) is 34.3 Å². The highest BCUT2D eigenvalue weighted by molar-refractivity contribution is 9.10. The van der Waals surface area contributed by atoms with E-state index in [2.05, 4.69) is 20.8 Å². The van der Waals surface area contributed by atoms with Crippen molar-refractivity contribution in [1.29, 1.82) is 0 Å². The molecule has 0 spiro atoms. The van der Waals surface area contributed by atoms with Crippen LogP contribution in [0.3, 0.4) is 0 Å². The number of hydrogen-bond donors (Lipinski definition) is 1. The standard InChI is InChI=1S/C6H8BrNO3S2/c1-2-11-8-13(9,10)6-5(7)3-4-12-6/h3-4,8H,2H2,1H3. The molecule has 0 radical (unpaired) electrons. The quantitative estimate of drug-likeness (QED) is 0.858. The van der Waals surface area contributed by atoms with Gasteiger partial charge in [0.05, 0.1) is 6.61 Å². The van der Waals surface area contributed by atoms with Crippen LogP contribution in [0.4, 0.5) is 0 Å². The topological polar surface area (TPSA) is 55.4 Å². The Kier molecular flexibility index (Phi) is 3.87. The number of sulfonamides is 1. The zero-order valence-electron chi connectivity index (χ0n) is 6.78. The second-order valence-electron chi connectivity index (χ2n) is 2.08. The summed E-state index contributed by atoms with van der Waals surface area (Å²) >= 11 is 4.26. The van der Waals surface area contributed by atoms with Gasteiger partial charge in [0.2, 0.25) is 0 Å². The molecule has 0 amide bonds. The first kappa shape index (κ1) is 11.1. The van der Waals surface area contributed by atoms with Crippen molar-refractivity contribution < 1.29 is 13.3 Å². The second-order valence-corrected chi connectivity index (χ2v) is 5.69.